The molecule has 2 atom stereocenters. The first-order valence-electron chi connectivity index (χ1n) is 19.0. The van der Waals surface area contributed by atoms with E-state index in [1.165, 1.54) is 39.0 Å². The van der Waals surface area contributed by atoms with Gasteiger partial charge in [-0.05, 0) is 93.6 Å². The smallest absolute Gasteiger partial charge is 0.229 e. The van der Waals surface area contributed by atoms with Crippen molar-refractivity contribution in [1.29, 1.82) is 0 Å². The van der Waals surface area contributed by atoms with Crippen LogP contribution in [0.1, 0.15) is 39.5 Å². The quantitative estimate of drug-likeness (QED) is 0.0523. The highest BCUT2D eigenvalue weighted by Crippen LogP contribution is 2.32. The summed E-state index contributed by atoms with van der Waals surface area (Å²) in [6.45, 7) is 11.8. The second-order valence-electron chi connectivity index (χ2n) is 13.4. The van der Waals surface area contributed by atoms with Gasteiger partial charge in [-0.2, -0.15) is 9.97 Å². The van der Waals surface area contributed by atoms with Crippen LogP contribution in [0.2, 0.25) is 0 Å². The number of ether oxygens (including phenoxy) is 4. The Balaban J connectivity index is 0.000000260. The van der Waals surface area contributed by atoms with Crippen LogP contribution in [-0.2, 0) is 0 Å². The third-order valence-corrected chi connectivity index (χ3v) is 9.16. The van der Waals surface area contributed by atoms with Crippen molar-refractivity contribution in [3.05, 3.63) is 60.9 Å². The van der Waals surface area contributed by atoms with Crippen molar-refractivity contribution in [1.82, 2.24) is 30.2 Å². The lowest BCUT2D eigenvalue weighted by Gasteiger charge is -2.16. The van der Waals surface area contributed by atoms with E-state index in [0.29, 0.717) is 42.5 Å². The van der Waals surface area contributed by atoms with E-state index >= 15 is 0 Å². The van der Waals surface area contributed by atoms with Crippen LogP contribution in [0.25, 0.3) is 0 Å². The highest BCUT2D eigenvalue weighted by Gasteiger charge is 2.18. The molecule has 2 fully saturated rings. The number of halogens is 2. The van der Waals surface area contributed by atoms with Crippen LogP contribution in [0.5, 0.6) is 23.0 Å². The fourth-order valence-electron chi connectivity index (χ4n) is 5.84. The Morgan fingerprint density at radius 3 is 1.71 bits per heavy atom. The van der Waals surface area contributed by atoms with Crippen LogP contribution >= 0.6 is 24.0 Å². The molecule has 308 valence electrons. The molecule has 2 aliphatic heterocycles. The monoisotopic (exact) mass is 814 g/mol. The predicted molar refractivity (Wildman–Crippen MR) is 231 cm³/mol. The minimum Gasteiger partial charge on any atom is -0.493 e. The van der Waals surface area contributed by atoms with E-state index in [9.17, 15) is 0 Å². The number of hydrogen-bond acceptors (Lipinski definition) is 14. The number of nitrogens with zero attached hydrogens (tertiary/aromatic N) is 5. The second kappa shape index (κ2) is 25.6. The standard InChI is InChI=1S/C20H29N5O2.C15H19ClN4O2.C5H11N.ClH/c1-15-8-11-25(14-15)10-4-12-27-18-13-16(5-6-17(18)26-3)23-20-22-9-7-19(21-2)24-20;1-17-14-6-8-18-15(20-14)19-11-4-5-12(21-2)13(10-11)22-9-3-7-16;1-5-2-3-6-4-5;/h5-7,9,13,15H,4,8,10-12,14H2,1-3H3,(H2,21,22,23,24);4-6,8,10H,3,7,9H2,1-2H3,(H2,17,18,19,20);5-6H,2-4H2,1H3;1H. The number of aromatic nitrogens is 4. The first kappa shape index (κ1) is 45.9. The van der Waals surface area contributed by atoms with Crippen LogP contribution in [0.3, 0.4) is 0 Å². The summed E-state index contributed by atoms with van der Waals surface area (Å²) in [5.41, 5.74) is 1.67. The van der Waals surface area contributed by atoms with Gasteiger partial charge in [0.05, 0.1) is 27.4 Å². The van der Waals surface area contributed by atoms with E-state index in [1.54, 1.807) is 32.7 Å². The number of rotatable bonds is 17. The van der Waals surface area contributed by atoms with Gasteiger partial charge < -0.3 is 50.4 Å². The van der Waals surface area contributed by atoms with E-state index in [0.717, 1.165) is 65.7 Å². The molecular formula is C40H60Cl2N10O4. The fraction of sp³-hybridized carbons (Fsp3) is 0.500. The summed E-state index contributed by atoms with van der Waals surface area (Å²) < 4.78 is 22.4. The van der Waals surface area contributed by atoms with Crippen molar-refractivity contribution in [3.63, 3.8) is 0 Å². The highest BCUT2D eigenvalue weighted by atomic mass is 35.5. The molecule has 0 aliphatic carbocycles. The summed E-state index contributed by atoms with van der Waals surface area (Å²) in [5.74, 6) is 7.62. The first-order valence-corrected chi connectivity index (χ1v) is 19.5. The second-order valence-corrected chi connectivity index (χ2v) is 13.8. The van der Waals surface area contributed by atoms with Crippen molar-refractivity contribution in [2.45, 2.75) is 39.5 Å². The van der Waals surface area contributed by atoms with E-state index in [4.69, 9.17) is 30.5 Å². The molecule has 0 radical (unpaired) electrons. The minimum atomic E-state index is 0. The first-order chi connectivity index (χ1) is 26.8. The van der Waals surface area contributed by atoms with Crippen molar-refractivity contribution in [2.75, 3.05) is 101 Å². The average molecular weight is 816 g/mol. The molecule has 16 heteroatoms. The zero-order valence-electron chi connectivity index (χ0n) is 33.6. The largest absolute Gasteiger partial charge is 0.493 e. The predicted octanol–water partition coefficient (Wildman–Crippen LogP) is 7.70. The third kappa shape index (κ3) is 15.9. The van der Waals surface area contributed by atoms with Crippen molar-refractivity contribution < 1.29 is 18.9 Å². The average Bonchev–Trinajstić information content (AvgIpc) is 3.87. The summed E-state index contributed by atoms with van der Waals surface area (Å²) in [6.07, 6.45) is 7.85. The van der Waals surface area contributed by atoms with Crippen LogP contribution < -0.4 is 45.5 Å². The molecule has 0 saturated carbocycles. The zero-order chi connectivity index (χ0) is 39.3. The Hall–Kier alpha value is -4.50. The molecule has 0 amide bonds. The molecule has 0 bridgehead atoms. The zero-order valence-corrected chi connectivity index (χ0v) is 35.1. The van der Waals surface area contributed by atoms with Crippen LogP contribution in [0.4, 0.5) is 34.9 Å². The van der Waals surface area contributed by atoms with Gasteiger partial charge in [0.15, 0.2) is 23.0 Å². The molecular weight excluding hydrogens is 755 g/mol. The van der Waals surface area contributed by atoms with Gasteiger partial charge in [-0.25, -0.2) is 9.97 Å². The fourth-order valence-corrected chi connectivity index (χ4v) is 5.95. The molecule has 2 aromatic carbocycles. The number of hydrogen-bond donors (Lipinski definition) is 5. The lowest BCUT2D eigenvalue weighted by atomic mass is 10.2. The Morgan fingerprint density at radius 2 is 1.30 bits per heavy atom. The summed E-state index contributed by atoms with van der Waals surface area (Å²) in [4.78, 5) is 19.6. The van der Waals surface area contributed by atoms with Crippen molar-refractivity contribution >= 4 is 58.9 Å². The molecule has 6 rings (SSSR count). The molecule has 0 spiro atoms. The normalized spacial score (nSPS) is 15.8. The lowest BCUT2D eigenvalue weighted by Crippen LogP contribution is -2.23. The summed E-state index contributed by atoms with van der Waals surface area (Å²) >= 11 is 5.66. The third-order valence-electron chi connectivity index (χ3n) is 8.89. The minimum absolute atomic E-state index is 0. The highest BCUT2D eigenvalue weighted by molar-refractivity contribution is 6.17. The Bertz CT molecular complexity index is 1700. The van der Waals surface area contributed by atoms with Crippen LogP contribution in [0, 0.1) is 11.8 Å². The van der Waals surface area contributed by atoms with Gasteiger partial charge in [0.2, 0.25) is 11.9 Å². The summed E-state index contributed by atoms with van der Waals surface area (Å²) in [5, 5.41) is 15.6. The van der Waals surface area contributed by atoms with Gasteiger partial charge >= 0.3 is 0 Å². The number of anilines is 6. The van der Waals surface area contributed by atoms with E-state index < -0.39 is 0 Å². The van der Waals surface area contributed by atoms with Crippen LogP contribution in [-0.4, -0.2) is 105 Å². The molecule has 4 aromatic rings. The maximum Gasteiger partial charge on any atom is 0.229 e. The van der Waals surface area contributed by atoms with Crippen molar-refractivity contribution in [3.8, 4) is 23.0 Å². The van der Waals surface area contributed by atoms with Gasteiger partial charge in [0, 0.05) is 69.0 Å². The summed E-state index contributed by atoms with van der Waals surface area (Å²) in [6, 6.07) is 14.9. The van der Waals surface area contributed by atoms with Gasteiger partial charge in [-0.1, -0.05) is 13.8 Å². The molecule has 2 unspecified atom stereocenters. The number of likely N-dealkylation sites (tertiary alicyclic amines) is 1. The topological polar surface area (TPSA) is 152 Å². The number of nitrogens with one attached hydrogen (secondary N) is 5. The maximum atomic E-state index is 5.99. The number of benzene rings is 2. The van der Waals surface area contributed by atoms with E-state index in [2.05, 4.69) is 65.3 Å². The number of methoxy groups -OCH3 is 2. The van der Waals surface area contributed by atoms with E-state index in [1.807, 2.05) is 56.6 Å². The van der Waals surface area contributed by atoms with Crippen molar-refractivity contribution in [2.24, 2.45) is 11.8 Å². The Kier molecular flexibility index (Phi) is 21.0. The molecule has 2 aliphatic rings. The summed E-state index contributed by atoms with van der Waals surface area (Å²) in [7, 11) is 6.90. The molecule has 14 nitrogen and oxygen atoms in total. The maximum absolute atomic E-state index is 5.99. The van der Waals surface area contributed by atoms with Gasteiger partial charge in [0.1, 0.15) is 11.6 Å². The molecule has 2 saturated heterocycles. The molecule has 56 heavy (non-hydrogen) atoms. The Labute approximate surface area is 343 Å². The van der Waals surface area contributed by atoms with Crippen LogP contribution in [0.15, 0.2) is 60.9 Å². The lowest BCUT2D eigenvalue weighted by molar-refractivity contribution is 0.251. The Morgan fingerprint density at radius 1 is 0.750 bits per heavy atom. The van der Waals surface area contributed by atoms with Gasteiger partial charge in [0.25, 0.3) is 0 Å². The van der Waals surface area contributed by atoms with Gasteiger partial charge in [-0.3, -0.25) is 0 Å². The van der Waals surface area contributed by atoms with E-state index in [-0.39, 0.29) is 12.4 Å². The molecule has 4 heterocycles. The SMILES string of the molecule is CC1CCNC1.CNc1ccnc(Nc2ccc(OC)c(OCCCCl)c2)n1.CNc1ccnc(Nc2ccc(OC)c(OCCCN3CCC(C)C3)c2)n1.Cl. The molecule has 5 N–H and O–H groups in total. The number of alkyl halides is 1. The molecule has 2 aromatic heterocycles. The van der Waals surface area contributed by atoms with Gasteiger partial charge in [-0.15, -0.1) is 24.0 Å².